The Balaban J connectivity index is 1.28. The van der Waals surface area contributed by atoms with Gasteiger partial charge in [-0.25, -0.2) is 9.97 Å². The highest BCUT2D eigenvalue weighted by Crippen LogP contribution is 2.38. The van der Waals surface area contributed by atoms with Crippen molar-refractivity contribution in [3.8, 4) is 5.75 Å². The van der Waals surface area contributed by atoms with Gasteiger partial charge in [-0.1, -0.05) is 6.42 Å². The number of hydrogen-bond acceptors (Lipinski definition) is 6. The van der Waals surface area contributed by atoms with Gasteiger partial charge in [0.15, 0.2) is 0 Å². The third-order valence-electron chi connectivity index (χ3n) is 6.94. The number of carbonyl (C=O) groups is 1. The molecule has 2 aromatic rings. The first kappa shape index (κ1) is 19.1. The number of aryl methyl sites for hydroxylation is 1. The van der Waals surface area contributed by atoms with Gasteiger partial charge in [0.2, 0.25) is 0 Å². The summed E-state index contributed by atoms with van der Waals surface area (Å²) >= 11 is 0. The van der Waals surface area contributed by atoms with Crippen molar-refractivity contribution in [1.82, 2.24) is 19.4 Å². The van der Waals surface area contributed by atoms with Crippen LogP contribution in [0.2, 0.25) is 0 Å². The van der Waals surface area contributed by atoms with E-state index in [0.717, 1.165) is 18.9 Å². The van der Waals surface area contributed by atoms with Crippen LogP contribution in [-0.4, -0.2) is 58.6 Å². The summed E-state index contributed by atoms with van der Waals surface area (Å²) in [4.78, 5) is 38.2. The molecule has 30 heavy (non-hydrogen) atoms. The van der Waals surface area contributed by atoms with Crippen molar-refractivity contribution in [3.63, 3.8) is 0 Å². The fourth-order valence-electron chi connectivity index (χ4n) is 4.92. The second-order valence-electron chi connectivity index (χ2n) is 8.77. The molecule has 3 fully saturated rings. The molecule has 2 saturated heterocycles. The van der Waals surface area contributed by atoms with Crippen LogP contribution in [0.4, 0.5) is 5.82 Å². The van der Waals surface area contributed by atoms with Gasteiger partial charge in [0.05, 0.1) is 12.7 Å². The third-order valence-corrected chi connectivity index (χ3v) is 6.94. The highest BCUT2D eigenvalue weighted by atomic mass is 16.5. The number of anilines is 1. The van der Waals surface area contributed by atoms with E-state index in [1.54, 1.807) is 19.6 Å². The van der Waals surface area contributed by atoms with E-state index >= 15 is 0 Å². The van der Waals surface area contributed by atoms with Crippen molar-refractivity contribution in [2.45, 2.75) is 25.2 Å². The summed E-state index contributed by atoms with van der Waals surface area (Å²) in [6.45, 7) is 3.24. The Kier molecular flexibility index (Phi) is 4.72. The van der Waals surface area contributed by atoms with E-state index in [-0.39, 0.29) is 11.5 Å². The quantitative estimate of drug-likeness (QED) is 0.764. The van der Waals surface area contributed by atoms with Gasteiger partial charge in [-0.05, 0) is 12.8 Å². The van der Waals surface area contributed by atoms with Gasteiger partial charge >= 0.3 is 0 Å². The Bertz CT molecular complexity index is 1020. The maximum absolute atomic E-state index is 13.1. The molecule has 4 heterocycles. The van der Waals surface area contributed by atoms with Crippen molar-refractivity contribution < 1.29 is 9.53 Å². The molecule has 1 amide bonds. The number of carbonyl (C=O) groups excluding carboxylic acids is 1. The Labute approximate surface area is 175 Å². The minimum Gasteiger partial charge on any atom is -0.496 e. The molecule has 2 atom stereocenters. The molecule has 1 aliphatic carbocycles. The second kappa shape index (κ2) is 7.41. The van der Waals surface area contributed by atoms with Crippen molar-refractivity contribution in [3.05, 3.63) is 46.3 Å². The van der Waals surface area contributed by atoms with Crippen molar-refractivity contribution in [1.29, 1.82) is 0 Å². The van der Waals surface area contributed by atoms with E-state index in [2.05, 4.69) is 20.9 Å². The smallest absolute Gasteiger partial charge is 0.259 e. The van der Waals surface area contributed by atoms with Crippen LogP contribution in [0.5, 0.6) is 5.75 Å². The number of aromatic nitrogens is 3. The number of nitrogens with zero attached hydrogens (tertiary/aromatic N) is 5. The summed E-state index contributed by atoms with van der Waals surface area (Å²) in [5.41, 5.74) is 1.42. The predicted octanol–water partition coefficient (Wildman–Crippen LogP) is 1.66. The standard InChI is InChI=1S/C22H27N5O3/c1-25-12-17(19(30-2)7-21(25)28)22(29)27-10-15-8-26(9-16(15)11-27)20-6-18(23-13-24-20)14-4-3-5-14/h6-7,12-16H,3-5,8-11H2,1-2H3. The summed E-state index contributed by atoms with van der Waals surface area (Å²) in [5.74, 6) is 2.73. The van der Waals surface area contributed by atoms with Gasteiger partial charge in [-0.2, -0.15) is 0 Å². The molecule has 2 aliphatic heterocycles. The summed E-state index contributed by atoms with van der Waals surface area (Å²) < 4.78 is 6.71. The van der Waals surface area contributed by atoms with Crippen molar-refractivity contribution in [2.24, 2.45) is 18.9 Å². The fraction of sp³-hybridized carbons (Fsp3) is 0.545. The first-order chi connectivity index (χ1) is 14.5. The van der Waals surface area contributed by atoms with Crippen LogP contribution in [0.25, 0.3) is 0 Å². The van der Waals surface area contributed by atoms with Gasteiger partial charge in [-0.3, -0.25) is 9.59 Å². The Hall–Kier alpha value is -2.90. The number of amides is 1. The van der Waals surface area contributed by atoms with Crippen LogP contribution in [-0.2, 0) is 7.05 Å². The summed E-state index contributed by atoms with van der Waals surface area (Å²) in [5, 5.41) is 0. The number of rotatable bonds is 4. The molecule has 2 unspecified atom stereocenters. The minimum atomic E-state index is -0.191. The maximum Gasteiger partial charge on any atom is 0.259 e. The number of likely N-dealkylation sites (tertiary alicyclic amines) is 1. The molecule has 0 aromatic carbocycles. The third kappa shape index (κ3) is 3.24. The van der Waals surface area contributed by atoms with Crippen LogP contribution < -0.4 is 15.2 Å². The van der Waals surface area contributed by atoms with Gasteiger partial charge in [-0.15, -0.1) is 0 Å². The van der Waals surface area contributed by atoms with Crippen LogP contribution in [0.3, 0.4) is 0 Å². The highest BCUT2D eigenvalue weighted by Gasteiger charge is 2.42. The lowest BCUT2D eigenvalue weighted by atomic mass is 9.83. The van der Waals surface area contributed by atoms with E-state index in [4.69, 9.17) is 4.74 Å². The molecule has 1 saturated carbocycles. The zero-order valence-electron chi connectivity index (χ0n) is 17.5. The summed E-state index contributed by atoms with van der Waals surface area (Å²) in [7, 11) is 3.14. The van der Waals surface area contributed by atoms with Crippen LogP contribution >= 0.6 is 0 Å². The van der Waals surface area contributed by atoms with Gasteiger partial charge < -0.3 is 19.1 Å². The average molecular weight is 409 g/mol. The van der Waals surface area contributed by atoms with E-state index in [1.165, 1.54) is 42.7 Å². The first-order valence-corrected chi connectivity index (χ1v) is 10.6. The Morgan fingerprint density at radius 1 is 1.10 bits per heavy atom. The van der Waals surface area contributed by atoms with E-state index < -0.39 is 0 Å². The molecular formula is C22H27N5O3. The first-order valence-electron chi connectivity index (χ1n) is 10.6. The van der Waals surface area contributed by atoms with E-state index in [1.807, 2.05) is 4.90 Å². The molecule has 8 heteroatoms. The molecule has 0 radical (unpaired) electrons. The highest BCUT2D eigenvalue weighted by molar-refractivity contribution is 5.96. The molecule has 8 nitrogen and oxygen atoms in total. The van der Waals surface area contributed by atoms with Gasteiger partial charge in [0.1, 0.15) is 17.9 Å². The number of hydrogen-bond donors (Lipinski definition) is 0. The zero-order chi connectivity index (χ0) is 20.8. The van der Waals surface area contributed by atoms with Gasteiger partial charge in [0, 0.05) is 75.0 Å². The Morgan fingerprint density at radius 2 is 1.83 bits per heavy atom. The van der Waals surface area contributed by atoms with E-state index in [0.29, 0.717) is 42.2 Å². The SMILES string of the molecule is COc1cc(=O)n(C)cc1C(=O)N1CC2CN(c3cc(C4CCC4)ncn3)CC2C1. The maximum atomic E-state index is 13.1. The van der Waals surface area contributed by atoms with E-state index in [9.17, 15) is 9.59 Å². The lowest BCUT2D eigenvalue weighted by molar-refractivity contribution is 0.0778. The molecule has 5 rings (SSSR count). The normalized spacial score (nSPS) is 23.4. The number of methoxy groups -OCH3 is 1. The molecule has 0 spiro atoms. The number of fused-ring (bicyclic) bond motifs is 1. The Morgan fingerprint density at radius 3 is 2.47 bits per heavy atom. The second-order valence-corrected chi connectivity index (χ2v) is 8.77. The minimum absolute atomic E-state index is 0.0716. The van der Waals surface area contributed by atoms with Crippen LogP contribution in [0.1, 0.15) is 41.2 Å². The lowest BCUT2D eigenvalue weighted by Gasteiger charge is -2.26. The summed E-state index contributed by atoms with van der Waals surface area (Å²) in [6.07, 6.45) is 7.02. The summed E-state index contributed by atoms with van der Waals surface area (Å²) in [6, 6.07) is 3.53. The zero-order valence-corrected chi connectivity index (χ0v) is 17.5. The molecule has 158 valence electrons. The lowest BCUT2D eigenvalue weighted by Crippen LogP contribution is -2.34. The topological polar surface area (TPSA) is 80.6 Å². The monoisotopic (exact) mass is 409 g/mol. The fourth-order valence-corrected chi connectivity index (χ4v) is 4.92. The molecule has 3 aliphatic rings. The average Bonchev–Trinajstić information content (AvgIpc) is 3.27. The van der Waals surface area contributed by atoms with Crippen molar-refractivity contribution in [2.75, 3.05) is 38.2 Å². The van der Waals surface area contributed by atoms with Gasteiger partial charge in [0.25, 0.3) is 11.5 Å². The van der Waals surface area contributed by atoms with Crippen molar-refractivity contribution >= 4 is 11.7 Å². The molecule has 0 N–H and O–H groups in total. The van der Waals surface area contributed by atoms with Crippen LogP contribution in [0.15, 0.2) is 29.5 Å². The largest absolute Gasteiger partial charge is 0.496 e. The predicted molar refractivity (Wildman–Crippen MR) is 112 cm³/mol. The van der Waals surface area contributed by atoms with Crippen LogP contribution in [0, 0.1) is 11.8 Å². The number of pyridine rings is 1. The molecule has 0 bridgehead atoms. The number of ether oxygens (including phenoxy) is 1. The molecular weight excluding hydrogens is 382 g/mol. The molecule has 2 aromatic heterocycles.